The zero-order chi connectivity index (χ0) is 23.7. The van der Waals surface area contributed by atoms with Crippen molar-refractivity contribution in [1.29, 1.82) is 0 Å². The van der Waals surface area contributed by atoms with Gasteiger partial charge in [-0.2, -0.15) is 5.10 Å². The number of anilines is 1. The van der Waals surface area contributed by atoms with Gasteiger partial charge in [0.2, 0.25) is 0 Å². The highest BCUT2D eigenvalue weighted by Crippen LogP contribution is 2.34. The van der Waals surface area contributed by atoms with Crippen molar-refractivity contribution < 1.29 is 9.59 Å². The fraction of sp³-hybridized carbons (Fsp3) is 0.240. The van der Waals surface area contributed by atoms with E-state index >= 15 is 0 Å². The molecule has 5 N–H and O–H groups in total. The van der Waals surface area contributed by atoms with Gasteiger partial charge in [-0.05, 0) is 45.1 Å². The Hall–Kier alpha value is -3.95. The molecule has 0 bridgehead atoms. The number of hydrogen-bond acceptors (Lipinski definition) is 5. The number of fused-ring (bicyclic) bond motifs is 1. The number of benzene rings is 2. The smallest absolute Gasteiger partial charge is 0.272 e. The third kappa shape index (κ3) is 4.07. The lowest BCUT2D eigenvalue weighted by molar-refractivity contribution is 0.0960. The van der Waals surface area contributed by atoms with Crippen molar-refractivity contribution >= 4 is 28.4 Å². The van der Waals surface area contributed by atoms with Gasteiger partial charge in [-0.3, -0.25) is 14.7 Å². The molecule has 0 aliphatic carbocycles. The van der Waals surface area contributed by atoms with E-state index in [1.165, 1.54) is 0 Å². The molecule has 2 aromatic carbocycles. The van der Waals surface area contributed by atoms with E-state index in [2.05, 4.69) is 32.6 Å². The molecule has 5 rings (SSSR count). The number of nitrogens with two attached hydrogens (primary N) is 1. The second-order valence-electron chi connectivity index (χ2n) is 8.64. The summed E-state index contributed by atoms with van der Waals surface area (Å²) in [6, 6.07) is 15.0. The number of H-pyrrole nitrogens is 2. The number of amides is 2. The number of hydrogen-bond donors (Lipinski definition) is 4. The van der Waals surface area contributed by atoms with Crippen molar-refractivity contribution in [2.75, 3.05) is 25.1 Å². The predicted octanol–water partition coefficient (Wildman–Crippen LogP) is 2.90. The summed E-state index contributed by atoms with van der Waals surface area (Å²) < 4.78 is 0. The van der Waals surface area contributed by atoms with E-state index in [1.54, 1.807) is 29.5 Å². The Bertz CT molecular complexity index is 1320. The number of aromatic nitrogens is 3. The van der Waals surface area contributed by atoms with Gasteiger partial charge in [0, 0.05) is 28.8 Å². The summed E-state index contributed by atoms with van der Waals surface area (Å²) in [5, 5.41) is 9.65. The van der Waals surface area contributed by atoms with Crippen LogP contribution >= 0.6 is 0 Å². The van der Waals surface area contributed by atoms with Gasteiger partial charge < -0.3 is 15.6 Å². The van der Waals surface area contributed by atoms with Crippen molar-refractivity contribution in [3.8, 4) is 11.3 Å². The fourth-order valence-corrected chi connectivity index (χ4v) is 4.48. The summed E-state index contributed by atoms with van der Waals surface area (Å²) in [7, 11) is 2.11. The summed E-state index contributed by atoms with van der Waals surface area (Å²) in [6.07, 6.45) is 5.11. The lowest BCUT2D eigenvalue weighted by atomic mass is 10.0. The number of primary amides is 1. The predicted molar refractivity (Wildman–Crippen MR) is 131 cm³/mol. The molecular weight excluding hydrogens is 430 g/mol. The van der Waals surface area contributed by atoms with Crippen molar-refractivity contribution in [3.63, 3.8) is 0 Å². The molecule has 1 aliphatic rings. The van der Waals surface area contributed by atoms with Crippen LogP contribution in [0.25, 0.3) is 22.2 Å². The zero-order valence-electron chi connectivity index (χ0n) is 18.9. The second kappa shape index (κ2) is 9.12. The van der Waals surface area contributed by atoms with E-state index in [0.29, 0.717) is 22.5 Å². The zero-order valence-corrected chi connectivity index (χ0v) is 18.9. The molecule has 174 valence electrons. The van der Waals surface area contributed by atoms with Crippen molar-refractivity contribution in [1.82, 2.24) is 25.5 Å². The van der Waals surface area contributed by atoms with Gasteiger partial charge in [-0.25, -0.2) is 10.4 Å². The molecule has 34 heavy (non-hydrogen) atoms. The number of carbonyl (C=O) groups excluding carboxylic acids is 2. The highest BCUT2D eigenvalue weighted by molar-refractivity contribution is 6.11. The molecule has 1 saturated heterocycles. The summed E-state index contributed by atoms with van der Waals surface area (Å²) in [6.45, 7) is 1.92. The van der Waals surface area contributed by atoms with Crippen molar-refractivity contribution in [2.24, 2.45) is 5.73 Å². The molecule has 3 heterocycles. The number of aromatic amines is 2. The van der Waals surface area contributed by atoms with Crippen LogP contribution in [-0.4, -0.2) is 58.1 Å². The molecule has 2 aromatic heterocycles. The van der Waals surface area contributed by atoms with E-state index in [9.17, 15) is 9.59 Å². The van der Waals surface area contributed by atoms with Crippen LogP contribution in [0.5, 0.6) is 0 Å². The molecule has 1 aliphatic heterocycles. The lowest BCUT2D eigenvalue weighted by Crippen LogP contribution is -2.52. The SMILES string of the molecule is CN1CCC(NN(C(=O)c2ccccc2)c2cn[nH]c2-c2cccc3c(C(N)=O)c[nH]c23)CC1. The van der Waals surface area contributed by atoms with Gasteiger partial charge in [0.05, 0.1) is 23.0 Å². The van der Waals surface area contributed by atoms with Gasteiger partial charge in [0.25, 0.3) is 11.8 Å². The Labute approximate surface area is 196 Å². The summed E-state index contributed by atoms with van der Waals surface area (Å²) in [5.41, 5.74) is 12.8. The van der Waals surface area contributed by atoms with Crippen LogP contribution in [0.2, 0.25) is 0 Å². The molecular formula is C25H27N7O2. The maximum absolute atomic E-state index is 13.7. The first-order valence-electron chi connectivity index (χ1n) is 11.3. The Morgan fingerprint density at radius 2 is 1.88 bits per heavy atom. The summed E-state index contributed by atoms with van der Waals surface area (Å²) >= 11 is 0. The van der Waals surface area contributed by atoms with Gasteiger partial charge >= 0.3 is 0 Å². The quantitative estimate of drug-likeness (QED) is 0.332. The molecule has 0 radical (unpaired) electrons. The van der Waals surface area contributed by atoms with Crippen molar-refractivity contribution in [3.05, 3.63) is 72.1 Å². The number of nitrogens with one attached hydrogen (secondary N) is 3. The normalized spacial score (nSPS) is 15.0. The van der Waals surface area contributed by atoms with Gasteiger partial charge in [-0.1, -0.05) is 36.4 Å². The number of nitrogens with zero attached hydrogens (tertiary/aromatic N) is 3. The number of piperidine rings is 1. The number of carbonyl (C=O) groups is 2. The monoisotopic (exact) mass is 457 g/mol. The molecule has 9 heteroatoms. The first-order valence-corrected chi connectivity index (χ1v) is 11.3. The Morgan fingerprint density at radius 3 is 2.62 bits per heavy atom. The maximum atomic E-state index is 13.7. The standard InChI is InChI=1S/C25H27N7O2/c1-31-12-10-17(11-13-31)30-32(25(34)16-6-3-2-4-7-16)21-15-28-29-23(21)19-9-5-8-18-20(24(26)33)14-27-22(18)19/h2-9,14-15,17,27,30H,10-13H2,1H3,(H2,26,33)(H,28,29). The Morgan fingerprint density at radius 1 is 1.12 bits per heavy atom. The van der Waals surface area contributed by atoms with E-state index in [0.717, 1.165) is 42.4 Å². The second-order valence-corrected chi connectivity index (χ2v) is 8.64. The number of likely N-dealkylation sites (tertiary alicyclic amines) is 1. The van der Waals surface area contributed by atoms with E-state index < -0.39 is 5.91 Å². The average Bonchev–Trinajstić information content (AvgIpc) is 3.51. The molecule has 4 aromatic rings. The number of hydrazine groups is 1. The minimum atomic E-state index is -0.502. The molecule has 0 saturated carbocycles. The summed E-state index contributed by atoms with van der Waals surface area (Å²) in [5.74, 6) is -0.670. The van der Waals surface area contributed by atoms with Crippen molar-refractivity contribution in [2.45, 2.75) is 18.9 Å². The molecule has 9 nitrogen and oxygen atoms in total. The summed E-state index contributed by atoms with van der Waals surface area (Å²) in [4.78, 5) is 31.0. The minimum Gasteiger partial charge on any atom is -0.366 e. The average molecular weight is 458 g/mol. The van der Waals surface area contributed by atoms with Gasteiger partial charge in [0.15, 0.2) is 0 Å². The Kier molecular flexibility index (Phi) is 5.87. The lowest BCUT2D eigenvalue weighted by Gasteiger charge is -2.34. The van der Waals surface area contributed by atoms with Crippen LogP contribution in [0.4, 0.5) is 5.69 Å². The van der Waals surface area contributed by atoms with E-state index in [-0.39, 0.29) is 11.9 Å². The highest BCUT2D eigenvalue weighted by Gasteiger charge is 2.28. The highest BCUT2D eigenvalue weighted by atomic mass is 16.2. The first kappa shape index (κ1) is 21.9. The molecule has 0 unspecified atom stereocenters. The Balaban J connectivity index is 1.57. The maximum Gasteiger partial charge on any atom is 0.272 e. The van der Waals surface area contributed by atoms with Gasteiger partial charge in [0.1, 0.15) is 5.69 Å². The van der Waals surface area contributed by atoms with E-state index in [1.807, 2.05) is 36.4 Å². The fourth-order valence-electron chi connectivity index (χ4n) is 4.48. The minimum absolute atomic E-state index is 0.148. The first-order chi connectivity index (χ1) is 16.5. The molecule has 0 spiro atoms. The largest absolute Gasteiger partial charge is 0.366 e. The number of para-hydroxylation sites is 1. The van der Waals surface area contributed by atoms with Gasteiger partial charge in [-0.15, -0.1) is 0 Å². The van der Waals surface area contributed by atoms with Crippen LogP contribution in [0, 0.1) is 0 Å². The van der Waals surface area contributed by atoms with E-state index in [4.69, 9.17) is 5.73 Å². The van der Waals surface area contributed by atoms with Crippen LogP contribution < -0.4 is 16.2 Å². The molecule has 2 amide bonds. The van der Waals surface area contributed by atoms with Crippen LogP contribution in [0.15, 0.2) is 60.9 Å². The van der Waals surface area contributed by atoms with Crippen LogP contribution in [0.1, 0.15) is 33.6 Å². The van der Waals surface area contributed by atoms with Crippen LogP contribution in [0.3, 0.4) is 0 Å². The topological polar surface area (TPSA) is 123 Å². The third-order valence-electron chi connectivity index (χ3n) is 6.36. The number of rotatable bonds is 6. The van der Waals surface area contributed by atoms with Crippen LogP contribution in [-0.2, 0) is 0 Å². The molecule has 1 fully saturated rings. The molecule has 0 atom stereocenters. The third-order valence-corrected chi connectivity index (χ3v) is 6.36.